The first-order valence-electron chi connectivity index (χ1n) is 6.85. The molecule has 2 rings (SSSR count). The minimum absolute atomic E-state index is 0.0438. The number of carbonyl (C=O) groups excluding carboxylic acids is 1. The van der Waals surface area contributed by atoms with E-state index >= 15 is 0 Å². The standard InChI is InChI=1S/C15H22N2O/c1-3-6-11(2)16-15(18)17-14-10-9-12-7-4-5-8-13(12)14/h4-5,7-8,11,14H,3,6,9-10H2,1-2H3,(H2,16,17,18)/t11-,14+/m1/s1. The van der Waals surface area contributed by atoms with Crippen LogP contribution in [0.2, 0.25) is 0 Å². The molecule has 3 nitrogen and oxygen atoms in total. The Morgan fingerprint density at radius 2 is 2.22 bits per heavy atom. The van der Waals surface area contributed by atoms with Crippen LogP contribution in [0.4, 0.5) is 4.79 Å². The molecular formula is C15H22N2O. The number of nitrogens with one attached hydrogen (secondary N) is 2. The smallest absolute Gasteiger partial charge is 0.315 e. The molecule has 0 radical (unpaired) electrons. The highest BCUT2D eigenvalue weighted by Gasteiger charge is 2.23. The molecular weight excluding hydrogens is 224 g/mol. The van der Waals surface area contributed by atoms with Gasteiger partial charge in [0.15, 0.2) is 0 Å². The molecule has 0 saturated carbocycles. The van der Waals surface area contributed by atoms with E-state index in [1.54, 1.807) is 0 Å². The highest BCUT2D eigenvalue weighted by atomic mass is 16.2. The molecule has 18 heavy (non-hydrogen) atoms. The Balaban J connectivity index is 1.89. The number of rotatable bonds is 4. The maximum Gasteiger partial charge on any atom is 0.315 e. The van der Waals surface area contributed by atoms with E-state index in [1.807, 2.05) is 13.0 Å². The molecule has 98 valence electrons. The van der Waals surface area contributed by atoms with E-state index in [0.717, 1.165) is 25.7 Å². The molecule has 0 unspecified atom stereocenters. The Bertz CT molecular complexity index is 417. The lowest BCUT2D eigenvalue weighted by Gasteiger charge is -2.18. The number of fused-ring (bicyclic) bond motifs is 1. The average Bonchev–Trinajstić information content (AvgIpc) is 2.73. The second-order valence-electron chi connectivity index (χ2n) is 5.10. The van der Waals surface area contributed by atoms with Gasteiger partial charge in [0, 0.05) is 6.04 Å². The topological polar surface area (TPSA) is 41.1 Å². The highest BCUT2D eigenvalue weighted by Crippen LogP contribution is 2.30. The number of benzene rings is 1. The van der Waals surface area contributed by atoms with Crippen molar-refractivity contribution in [1.29, 1.82) is 0 Å². The zero-order valence-corrected chi connectivity index (χ0v) is 11.2. The van der Waals surface area contributed by atoms with Crippen molar-refractivity contribution in [3.8, 4) is 0 Å². The van der Waals surface area contributed by atoms with Crippen LogP contribution in [0.3, 0.4) is 0 Å². The molecule has 2 amide bonds. The molecule has 1 aromatic rings. The summed E-state index contributed by atoms with van der Waals surface area (Å²) in [4.78, 5) is 11.9. The monoisotopic (exact) mass is 246 g/mol. The summed E-state index contributed by atoms with van der Waals surface area (Å²) in [6.07, 6.45) is 4.18. The largest absolute Gasteiger partial charge is 0.336 e. The van der Waals surface area contributed by atoms with Crippen LogP contribution in [0.15, 0.2) is 24.3 Å². The third kappa shape index (κ3) is 3.03. The summed E-state index contributed by atoms with van der Waals surface area (Å²) in [5.74, 6) is 0. The summed E-state index contributed by atoms with van der Waals surface area (Å²) in [6.45, 7) is 4.18. The third-order valence-corrected chi connectivity index (χ3v) is 3.54. The Labute approximate surface area is 109 Å². The predicted molar refractivity (Wildman–Crippen MR) is 73.5 cm³/mol. The van der Waals surface area contributed by atoms with Gasteiger partial charge >= 0.3 is 6.03 Å². The first-order valence-corrected chi connectivity index (χ1v) is 6.85. The highest BCUT2D eigenvalue weighted by molar-refractivity contribution is 5.75. The molecule has 0 heterocycles. The molecule has 1 aliphatic rings. The fraction of sp³-hybridized carbons (Fsp3) is 0.533. The fourth-order valence-corrected chi connectivity index (χ4v) is 2.64. The van der Waals surface area contributed by atoms with Crippen LogP contribution in [0.25, 0.3) is 0 Å². The number of amides is 2. The van der Waals surface area contributed by atoms with Gasteiger partial charge in [-0.05, 0) is 37.3 Å². The molecule has 0 fully saturated rings. The first kappa shape index (κ1) is 12.9. The van der Waals surface area contributed by atoms with Crippen molar-refractivity contribution in [1.82, 2.24) is 10.6 Å². The van der Waals surface area contributed by atoms with Gasteiger partial charge in [-0.2, -0.15) is 0 Å². The fourth-order valence-electron chi connectivity index (χ4n) is 2.64. The van der Waals surface area contributed by atoms with E-state index in [4.69, 9.17) is 0 Å². The minimum Gasteiger partial charge on any atom is -0.336 e. The molecule has 0 spiro atoms. The second-order valence-corrected chi connectivity index (χ2v) is 5.10. The summed E-state index contributed by atoms with van der Waals surface area (Å²) in [5, 5.41) is 6.06. The van der Waals surface area contributed by atoms with Gasteiger partial charge in [0.2, 0.25) is 0 Å². The van der Waals surface area contributed by atoms with E-state index in [0.29, 0.717) is 0 Å². The van der Waals surface area contributed by atoms with E-state index in [2.05, 4.69) is 35.8 Å². The molecule has 3 heteroatoms. The lowest BCUT2D eigenvalue weighted by atomic mass is 10.1. The van der Waals surface area contributed by atoms with E-state index in [-0.39, 0.29) is 18.1 Å². The Hall–Kier alpha value is -1.51. The lowest BCUT2D eigenvalue weighted by molar-refractivity contribution is 0.233. The van der Waals surface area contributed by atoms with Gasteiger partial charge in [0.25, 0.3) is 0 Å². The van der Waals surface area contributed by atoms with E-state index in [9.17, 15) is 4.79 Å². The zero-order valence-electron chi connectivity index (χ0n) is 11.2. The van der Waals surface area contributed by atoms with E-state index in [1.165, 1.54) is 11.1 Å². The normalized spacial score (nSPS) is 19.1. The number of urea groups is 1. The summed E-state index contributed by atoms with van der Waals surface area (Å²) in [5.41, 5.74) is 2.64. The maximum atomic E-state index is 11.9. The van der Waals surface area contributed by atoms with Crippen molar-refractivity contribution >= 4 is 6.03 Å². The van der Waals surface area contributed by atoms with Gasteiger partial charge in [-0.15, -0.1) is 0 Å². The van der Waals surface area contributed by atoms with Crippen molar-refractivity contribution < 1.29 is 4.79 Å². The molecule has 0 bridgehead atoms. The SMILES string of the molecule is CCC[C@@H](C)NC(=O)N[C@H]1CCc2ccccc21. The molecule has 1 aromatic carbocycles. The van der Waals surface area contributed by atoms with Crippen molar-refractivity contribution in [3.63, 3.8) is 0 Å². The molecule has 1 aliphatic carbocycles. The van der Waals surface area contributed by atoms with Gasteiger partial charge in [0.1, 0.15) is 0 Å². The van der Waals surface area contributed by atoms with Crippen LogP contribution < -0.4 is 10.6 Å². The van der Waals surface area contributed by atoms with Crippen molar-refractivity contribution in [2.45, 2.75) is 51.6 Å². The minimum atomic E-state index is -0.0438. The summed E-state index contributed by atoms with van der Waals surface area (Å²) in [7, 11) is 0. The van der Waals surface area contributed by atoms with Crippen LogP contribution in [-0.4, -0.2) is 12.1 Å². The van der Waals surface area contributed by atoms with E-state index < -0.39 is 0 Å². The van der Waals surface area contributed by atoms with Crippen molar-refractivity contribution in [3.05, 3.63) is 35.4 Å². The molecule has 0 aromatic heterocycles. The number of aryl methyl sites for hydroxylation is 1. The van der Waals surface area contributed by atoms with Gasteiger partial charge in [0.05, 0.1) is 6.04 Å². The first-order chi connectivity index (χ1) is 8.70. The van der Waals surface area contributed by atoms with Gasteiger partial charge in [-0.1, -0.05) is 37.6 Å². The quantitative estimate of drug-likeness (QED) is 0.841. The molecule has 0 saturated heterocycles. The molecule has 2 atom stereocenters. The third-order valence-electron chi connectivity index (χ3n) is 3.54. The molecule has 2 N–H and O–H groups in total. The summed E-state index contributed by atoms with van der Waals surface area (Å²) >= 11 is 0. The summed E-state index contributed by atoms with van der Waals surface area (Å²) in [6, 6.07) is 8.73. The Kier molecular flexibility index (Phi) is 4.24. The average molecular weight is 246 g/mol. The van der Waals surface area contributed by atoms with Crippen molar-refractivity contribution in [2.24, 2.45) is 0 Å². The van der Waals surface area contributed by atoms with Gasteiger partial charge in [-0.3, -0.25) is 0 Å². The van der Waals surface area contributed by atoms with Crippen molar-refractivity contribution in [2.75, 3.05) is 0 Å². The number of carbonyl (C=O) groups is 1. The Morgan fingerprint density at radius 3 is 3.00 bits per heavy atom. The Morgan fingerprint density at radius 1 is 1.44 bits per heavy atom. The summed E-state index contributed by atoms with van der Waals surface area (Å²) < 4.78 is 0. The van der Waals surface area contributed by atoms with Gasteiger partial charge in [-0.25, -0.2) is 4.79 Å². The lowest BCUT2D eigenvalue weighted by Crippen LogP contribution is -2.41. The van der Waals surface area contributed by atoms with Gasteiger partial charge < -0.3 is 10.6 Å². The maximum absolute atomic E-state index is 11.9. The van der Waals surface area contributed by atoms with Crippen LogP contribution in [-0.2, 0) is 6.42 Å². The molecule has 0 aliphatic heterocycles. The van der Waals surface area contributed by atoms with Crippen LogP contribution in [0.5, 0.6) is 0 Å². The second kappa shape index (κ2) is 5.89. The zero-order chi connectivity index (χ0) is 13.0. The van der Waals surface area contributed by atoms with Crippen LogP contribution >= 0.6 is 0 Å². The van der Waals surface area contributed by atoms with Crippen LogP contribution in [0, 0.1) is 0 Å². The predicted octanol–water partition coefficient (Wildman–Crippen LogP) is 3.16. The number of hydrogen-bond acceptors (Lipinski definition) is 1. The number of hydrogen-bond donors (Lipinski definition) is 2. The van der Waals surface area contributed by atoms with Crippen LogP contribution in [0.1, 0.15) is 50.3 Å².